The van der Waals surface area contributed by atoms with Crippen molar-refractivity contribution >= 4 is 45.6 Å². The third-order valence-corrected chi connectivity index (χ3v) is 7.66. The smallest absolute Gasteiger partial charge is 0.244 e. The topological polar surface area (TPSA) is 58.4 Å². The minimum absolute atomic E-state index is 0. The van der Waals surface area contributed by atoms with Gasteiger partial charge >= 0.3 is 0 Å². The van der Waals surface area contributed by atoms with Crippen molar-refractivity contribution in [2.45, 2.75) is 32.2 Å². The quantitative estimate of drug-likeness (QED) is 0.675. The number of benzene rings is 1. The van der Waals surface area contributed by atoms with Crippen LogP contribution in [0.15, 0.2) is 23.1 Å². The molecule has 1 aliphatic rings. The largest absolute Gasteiger partial charge is 0.299 e. The van der Waals surface area contributed by atoms with E-state index in [-0.39, 0.29) is 22.3 Å². The molecule has 1 aromatic carbocycles. The molecule has 1 saturated heterocycles. The summed E-state index contributed by atoms with van der Waals surface area (Å²) in [4.78, 5) is 2.39. The highest BCUT2D eigenvalue weighted by atomic mass is 35.5. The third-order valence-electron chi connectivity index (χ3n) is 4.89. The first-order valence-electron chi connectivity index (χ1n) is 8.87. The first-order valence-corrected chi connectivity index (χ1v) is 11.1. The average molecular weight is 468 g/mol. The molecule has 0 spiro atoms. The van der Waals surface area contributed by atoms with Crippen LogP contribution in [0.3, 0.4) is 0 Å². The lowest BCUT2D eigenvalue weighted by Crippen LogP contribution is -2.49. The molecule has 1 aromatic heterocycles. The molecule has 0 saturated carbocycles. The maximum Gasteiger partial charge on any atom is 0.244 e. The number of aromatic nitrogens is 2. The summed E-state index contributed by atoms with van der Waals surface area (Å²) in [6.07, 6.45) is 0. The van der Waals surface area contributed by atoms with Crippen molar-refractivity contribution in [1.82, 2.24) is 19.0 Å². The van der Waals surface area contributed by atoms with Gasteiger partial charge in [-0.25, -0.2) is 8.42 Å². The monoisotopic (exact) mass is 466 g/mol. The summed E-state index contributed by atoms with van der Waals surface area (Å²) in [5.41, 5.74) is 2.85. The molecule has 2 aromatic rings. The van der Waals surface area contributed by atoms with Crippen molar-refractivity contribution < 1.29 is 8.42 Å². The van der Waals surface area contributed by atoms with Crippen molar-refractivity contribution in [2.75, 3.05) is 32.7 Å². The van der Waals surface area contributed by atoms with Crippen LogP contribution in [0.25, 0.3) is 0 Å². The van der Waals surface area contributed by atoms with Crippen LogP contribution in [-0.4, -0.2) is 60.1 Å². The number of nitrogens with zero attached hydrogens (tertiary/aromatic N) is 4. The van der Waals surface area contributed by atoms with Gasteiger partial charge in [0.1, 0.15) is 4.90 Å². The summed E-state index contributed by atoms with van der Waals surface area (Å²) in [7, 11) is -3.63. The molecule has 0 aliphatic carbocycles. The molecule has 6 nitrogen and oxygen atoms in total. The van der Waals surface area contributed by atoms with E-state index in [2.05, 4.69) is 16.1 Å². The molecule has 2 heterocycles. The molecule has 0 unspecified atom stereocenters. The van der Waals surface area contributed by atoms with E-state index in [1.54, 1.807) is 13.0 Å². The van der Waals surface area contributed by atoms with E-state index in [4.69, 9.17) is 23.2 Å². The third kappa shape index (κ3) is 5.01. The molecule has 1 fully saturated rings. The Bertz CT molecular complexity index is 939. The molecule has 0 bridgehead atoms. The van der Waals surface area contributed by atoms with Crippen molar-refractivity contribution in [1.29, 1.82) is 0 Å². The van der Waals surface area contributed by atoms with Gasteiger partial charge < -0.3 is 0 Å². The lowest BCUT2D eigenvalue weighted by Gasteiger charge is -2.34. The summed E-state index contributed by atoms with van der Waals surface area (Å²) in [5.74, 6) is 0. The Balaban J connectivity index is 0.00000280. The van der Waals surface area contributed by atoms with Gasteiger partial charge in [0, 0.05) is 43.4 Å². The second kappa shape index (κ2) is 9.32. The number of piperazine rings is 1. The zero-order chi connectivity index (χ0) is 19.8. The molecule has 156 valence electrons. The van der Waals surface area contributed by atoms with E-state index in [1.807, 2.05) is 18.5 Å². The van der Waals surface area contributed by atoms with Crippen LogP contribution in [-0.2, 0) is 16.6 Å². The predicted molar refractivity (Wildman–Crippen MR) is 115 cm³/mol. The molecular formula is C18H25Cl3N4O2S. The minimum Gasteiger partial charge on any atom is -0.299 e. The summed E-state index contributed by atoms with van der Waals surface area (Å²) in [5, 5.41) is 5.10. The minimum atomic E-state index is -3.63. The lowest BCUT2D eigenvalue weighted by molar-refractivity contribution is 0.180. The van der Waals surface area contributed by atoms with Gasteiger partial charge in [0.2, 0.25) is 10.0 Å². The Labute approximate surface area is 182 Å². The second-order valence-electron chi connectivity index (χ2n) is 6.93. The second-order valence-corrected chi connectivity index (χ2v) is 9.65. The molecule has 0 radical (unpaired) electrons. The first kappa shape index (κ1) is 23.4. The maximum absolute atomic E-state index is 13.0. The number of hydrogen-bond donors (Lipinski definition) is 0. The molecule has 0 atom stereocenters. The Morgan fingerprint density at radius 2 is 1.61 bits per heavy atom. The maximum atomic E-state index is 13.0. The Hall–Kier alpha value is -0.830. The van der Waals surface area contributed by atoms with Crippen LogP contribution >= 0.6 is 35.6 Å². The number of aryl methyl sites for hydroxylation is 3. The highest BCUT2D eigenvalue weighted by Crippen LogP contribution is 2.30. The number of rotatable bonds is 5. The van der Waals surface area contributed by atoms with Gasteiger partial charge in [-0.1, -0.05) is 23.2 Å². The number of halogens is 3. The summed E-state index contributed by atoms with van der Waals surface area (Å²) in [6.45, 7) is 9.69. The summed E-state index contributed by atoms with van der Waals surface area (Å²) < 4.78 is 29.4. The van der Waals surface area contributed by atoms with E-state index < -0.39 is 10.0 Å². The van der Waals surface area contributed by atoms with Gasteiger partial charge in [0.15, 0.2) is 0 Å². The predicted octanol–water partition coefficient (Wildman–Crippen LogP) is 3.54. The first-order chi connectivity index (χ1) is 12.7. The summed E-state index contributed by atoms with van der Waals surface area (Å²) >= 11 is 12.2. The Morgan fingerprint density at radius 3 is 2.18 bits per heavy atom. The normalized spacial score (nSPS) is 16.2. The van der Waals surface area contributed by atoms with Gasteiger partial charge in [0.05, 0.1) is 17.3 Å². The number of sulfonamides is 1. The van der Waals surface area contributed by atoms with Crippen LogP contribution in [0.5, 0.6) is 0 Å². The van der Waals surface area contributed by atoms with Gasteiger partial charge in [-0.3, -0.25) is 9.58 Å². The zero-order valence-corrected chi connectivity index (χ0v) is 19.3. The van der Waals surface area contributed by atoms with Crippen molar-refractivity contribution in [3.8, 4) is 0 Å². The molecule has 28 heavy (non-hydrogen) atoms. The molecule has 0 amide bonds. The van der Waals surface area contributed by atoms with Crippen LogP contribution in [0.4, 0.5) is 0 Å². The van der Waals surface area contributed by atoms with Crippen molar-refractivity contribution in [3.63, 3.8) is 0 Å². The number of hydrogen-bond acceptors (Lipinski definition) is 4. The standard InChI is InChI=1S/C18H24Cl2N4O2S.ClH/c1-13-10-18(17(20)12-16(13)19)27(25,26)23-7-4-22(5-8-23)6-9-24-15(3)11-14(2)21-24;/h10-12H,4-9H2,1-3H3;1H. The molecule has 10 heteroatoms. The average Bonchev–Trinajstić information content (AvgIpc) is 2.94. The highest BCUT2D eigenvalue weighted by molar-refractivity contribution is 7.89. The molecular weight excluding hydrogens is 443 g/mol. The van der Waals surface area contributed by atoms with Crippen LogP contribution in [0.1, 0.15) is 17.0 Å². The van der Waals surface area contributed by atoms with E-state index in [9.17, 15) is 8.42 Å². The van der Waals surface area contributed by atoms with Crippen LogP contribution < -0.4 is 0 Å². The van der Waals surface area contributed by atoms with Gasteiger partial charge in [-0.2, -0.15) is 9.40 Å². The van der Waals surface area contributed by atoms with Crippen molar-refractivity contribution in [2.24, 2.45) is 0 Å². The van der Waals surface area contributed by atoms with Gasteiger partial charge in [-0.15, -0.1) is 12.4 Å². The fourth-order valence-corrected chi connectivity index (χ4v) is 5.53. The van der Waals surface area contributed by atoms with Crippen molar-refractivity contribution in [3.05, 3.63) is 45.2 Å². The van der Waals surface area contributed by atoms with E-state index in [0.717, 1.165) is 24.5 Å². The van der Waals surface area contributed by atoms with E-state index >= 15 is 0 Å². The Kier molecular flexibility index (Phi) is 7.81. The van der Waals surface area contributed by atoms with Gasteiger partial charge in [0.25, 0.3) is 0 Å². The van der Waals surface area contributed by atoms with Gasteiger partial charge in [-0.05, 0) is 44.5 Å². The Morgan fingerprint density at radius 1 is 0.964 bits per heavy atom. The molecule has 0 N–H and O–H groups in total. The molecule has 1 aliphatic heterocycles. The zero-order valence-electron chi connectivity index (χ0n) is 16.2. The van der Waals surface area contributed by atoms with Crippen LogP contribution in [0.2, 0.25) is 10.0 Å². The van der Waals surface area contributed by atoms with Crippen LogP contribution in [0, 0.1) is 20.8 Å². The fourth-order valence-electron chi connectivity index (χ4n) is 3.30. The fraction of sp³-hybridized carbons (Fsp3) is 0.500. The highest BCUT2D eigenvalue weighted by Gasteiger charge is 2.30. The van der Waals surface area contributed by atoms with E-state index in [1.165, 1.54) is 10.4 Å². The summed E-state index contributed by atoms with van der Waals surface area (Å²) in [6, 6.07) is 5.10. The SMILES string of the molecule is Cc1cc(C)n(CCN2CCN(S(=O)(=O)c3cc(C)c(Cl)cc3Cl)CC2)n1.Cl. The lowest BCUT2D eigenvalue weighted by atomic mass is 10.2. The molecule has 3 rings (SSSR count). The van der Waals surface area contributed by atoms with E-state index in [0.29, 0.717) is 36.8 Å².